The predicted octanol–water partition coefficient (Wildman–Crippen LogP) is 2.22. The minimum Gasteiger partial charge on any atom is -0.486 e. The molecule has 0 aliphatic rings. The molecule has 0 spiro atoms. The summed E-state index contributed by atoms with van der Waals surface area (Å²) < 4.78 is 32.2. The zero-order chi connectivity index (χ0) is 14.7. The van der Waals surface area contributed by atoms with Crippen LogP contribution in [-0.4, -0.2) is 5.91 Å². The second kappa shape index (κ2) is 5.56. The number of carbonyl (C=O) groups is 1. The van der Waals surface area contributed by atoms with Gasteiger partial charge in [0.15, 0.2) is 11.6 Å². The van der Waals surface area contributed by atoms with Gasteiger partial charge in [0.05, 0.1) is 0 Å². The van der Waals surface area contributed by atoms with E-state index >= 15 is 0 Å². The van der Waals surface area contributed by atoms with Gasteiger partial charge in [-0.15, -0.1) is 0 Å². The number of halogens is 2. The monoisotopic (exact) mass is 278 g/mol. The summed E-state index contributed by atoms with van der Waals surface area (Å²) in [6.45, 7) is -0.228. The maximum Gasteiger partial charge on any atom is 0.248 e. The molecule has 0 saturated heterocycles. The zero-order valence-corrected chi connectivity index (χ0v) is 10.4. The van der Waals surface area contributed by atoms with Gasteiger partial charge < -0.3 is 16.2 Å². The average Bonchev–Trinajstić information content (AvgIpc) is 2.39. The molecule has 4 N–H and O–H groups in total. The molecule has 0 radical (unpaired) electrons. The molecule has 2 aromatic carbocycles. The van der Waals surface area contributed by atoms with Gasteiger partial charge >= 0.3 is 0 Å². The van der Waals surface area contributed by atoms with Crippen LogP contribution in [0, 0.1) is 11.6 Å². The number of ether oxygens (including phenoxy) is 1. The Morgan fingerprint density at radius 3 is 2.50 bits per heavy atom. The van der Waals surface area contributed by atoms with E-state index in [1.54, 1.807) is 0 Å². The molecule has 0 bridgehead atoms. The Morgan fingerprint density at radius 2 is 1.85 bits per heavy atom. The lowest BCUT2D eigenvalue weighted by Crippen LogP contribution is -2.12. The van der Waals surface area contributed by atoms with Crippen LogP contribution in [0.15, 0.2) is 36.4 Å². The lowest BCUT2D eigenvalue weighted by atomic mass is 10.1. The van der Waals surface area contributed by atoms with Crippen molar-refractivity contribution in [3.05, 3.63) is 59.2 Å². The number of nitrogens with two attached hydrogens (primary N) is 2. The van der Waals surface area contributed by atoms with Crippen LogP contribution < -0.4 is 16.2 Å². The summed E-state index contributed by atoms with van der Waals surface area (Å²) in [6.07, 6.45) is 0. The van der Waals surface area contributed by atoms with Gasteiger partial charge in [0.25, 0.3) is 0 Å². The first-order valence-corrected chi connectivity index (χ1v) is 5.73. The van der Waals surface area contributed by atoms with Crippen molar-refractivity contribution in [3.63, 3.8) is 0 Å². The van der Waals surface area contributed by atoms with Crippen molar-refractivity contribution in [1.29, 1.82) is 0 Å². The molecular formula is C14H12F2N2O2. The largest absolute Gasteiger partial charge is 0.486 e. The normalized spacial score (nSPS) is 10.3. The number of hydrogen-bond donors (Lipinski definition) is 2. The van der Waals surface area contributed by atoms with Crippen LogP contribution in [0.3, 0.4) is 0 Å². The van der Waals surface area contributed by atoms with Gasteiger partial charge in [0.2, 0.25) is 5.91 Å². The summed E-state index contributed by atoms with van der Waals surface area (Å²) in [4.78, 5) is 11.0. The van der Waals surface area contributed by atoms with E-state index in [0.717, 1.165) is 12.1 Å². The first-order chi connectivity index (χ1) is 9.47. The number of nitrogen functional groups attached to an aromatic ring is 1. The highest BCUT2D eigenvalue weighted by molar-refractivity contribution is 5.92. The van der Waals surface area contributed by atoms with E-state index in [4.69, 9.17) is 16.2 Å². The van der Waals surface area contributed by atoms with Crippen molar-refractivity contribution in [3.8, 4) is 5.75 Å². The third-order valence-corrected chi connectivity index (χ3v) is 2.67. The van der Waals surface area contributed by atoms with Crippen LogP contribution in [-0.2, 0) is 6.61 Å². The van der Waals surface area contributed by atoms with Crippen LogP contribution in [0.25, 0.3) is 0 Å². The minimum atomic E-state index is -0.676. The topological polar surface area (TPSA) is 78.3 Å². The van der Waals surface area contributed by atoms with Gasteiger partial charge in [0, 0.05) is 22.9 Å². The van der Waals surface area contributed by atoms with Gasteiger partial charge in [-0.25, -0.2) is 8.78 Å². The molecule has 0 aromatic heterocycles. The van der Waals surface area contributed by atoms with Crippen LogP contribution in [0.2, 0.25) is 0 Å². The number of carbonyl (C=O) groups excluding carboxylic acids is 1. The first kappa shape index (κ1) is 13.8. The Morgan fingerprint density at radius 1 is 1.10 bits per heavy atom. The number of anilines is 1. The van der Waals surface area contributed by atoms with Crippen molar-refractivity contribution in [1.82, 2.24) is 0 Å². The van der Waals surface area contributed by atoms with Crippen LogP contribution in [0.4, 0.5) is 14.5 Å². The van der Waals surface area contributed by atoms with Gasteiger partial charge in [-0.3, -0.25) is 4.79 Å². The molecule has 1 amide bonds. The van der Waals surface area contributed by atoms with E-state index in [1.165, 1.54) is 24.3 Å². The molecule has 2 rings (SSSR count). The fourth-order valence-corrected chi connectivity index (χ4v) is 1.63. The number of primary amides is 1. The van der Waals surface area contributed by atoms with Crippen LogP contribution >= 0.6 is 0 Å². The molecule has 0 saturated carbocycles. The average molecular weight is 278 g/mol. The number of benzene rings is 2. The molecular weight excluding hydrogens is 266 g/mol. The summed E-state index contributed by atoms with van der Waals surface area (Å²) in [5, 5.41) is 0. The lowest BCUT2D eigenvalue weighted by Gasteiger charge is -2.09. The molecule has 104 valence electrons. The third kappa shape index (κ3) is 3.03. The van der Waals surface area contributed by atoms with Crippen LogP contribution in [0.5, 0.6) is 5.75 Å². The molecule has 0 aliphatic carbocycles. The smallest absolute Gasteiger partial charge is 0.248 e. The number of amides is 1. The predicted molar refractivity (Wildman–Crippen MR) is 70.1 cm³/mol. The maximum atomic E-state index is 13.6. The summed E-state index contributed by atoms with van der Waals surface area (Å²) in [6, 6.07) is 7.57. The van der Waals surface area contributed by atoms with Gasteiger partial charge in [-0.05, 0) is 30.3 Å². The molecule has 4 nitrogen and oxygen atoms in total. The van der Waals surface area contributed by atoms with E-state index in [0.29, 0.717) is 0 Å². The molecule has 20 heavy (non-hydrogen) atoms. The zero-order valence-electron chi connectivity index (χ0n) is 10.4. The Balaban J connectivity index is 2.18. The summed E-state index contributed by atoms with van der Waals surface area (Å²) in [7, 11) is 0. The van der Waals surface area contributed by atoms with Crippen molar-refractivity contribution in [2.75, 3.05) is 5.73 Å². The highest BCUT2D eigenvalue weighted by Crippen LogP contribution is 2.21. The Hall–Kier alpha value is -2.63. The Bertz CT molecular complexity index is 660. The van der Waals surface area contributed by atoms with E-state index < -0.39 is 17.5 Å². The molecule has 0 heterocycles. The summed E-state index contributed by atoms with van der Waals surface area (Å²) >= 11 is 0. The molecule has 2 aromatic rings. The highest BCUT2D eigenvalue weighted by atomic mass is 19.1. The Kier molecular flexibility index (Phi) is 3.84. The number of hydrogen-bond acceptors (Lipinski definition) is 3. The highest BCUT2D eigenvalue weighted by Gasteiger charge is 2.09. The van der Waals surface area contributed by atoms with Crippen molar-refractivity contribution < 1.29 is 18.3 Å². The standard InChI is InChI=1S/C14H12F2N2O2/c15-11-3-1-8(14(18)19)5-9(11)7-20-13-4-2-10(17)6-12(13)16/h1-6H,7,17H2,(H2,18,19). The molecule has 0 unspecified atom stereocenters. The van der Waals surface area contributed by atoms with Crippen molar-refractivity contribution >= 4 is 11.6 Å². The number of rotatable bonds is 4. The second-order valence-electron chi connectivity index (χ2n) is 4.15. The van der Waals surface area contributed by atoms with E-state index in [9.17, 15) is 13.6 Å². The van der Waals surface area contributed by atoms with E-state index in [1.807, 2.05) is 0 Å². The van der Waals surface area contributed by atoms with Crippen LogP contribution in [0.1, 0.15) is 15.9 Å². The maximum absolute atomic E-state index is 13.6. The van der Waals surface area contributed by atoms with Gasteiger partial charge in [-0.1, -0.05) is 0 Å². The summed E-state index contributed by atoms with van der Waals surface area (Å²) in [5.74, 6) is -1.93. The minimum absolute atomic E-state index is 0.0527. The fourth-order valence-electron chi connectivity index (χ4n) is 1.63. The SMILES string of the molecule is NC(=O)c1ccc(F)c(COc2ccc(N)cc2F)c1. The van der Waals surface area contributed by atoms with Gasteiger partial charge in [0.1, 0.15) is 12.4 Å². The quantitative estimate of drug-likeness (QED) is 0.842. The molecule has 6 heteroatoms. The molecule has 0 aliphatic heterocycles. The molecule has 0 fully saturated rings. The molecule has 0 atom stereocenters. The fraction of sp³-hybridized carbons (Fsp3) is 0.0714. The van der Waals surface area contributed by atoms with Crippen molar-refractivity contribution in [2.24, 2.45) is 5.73 Å². The van der Waals surface area contributed by atoms with E-state index in [-0.39, 0.29) is 29.2 Å². The van der Waals surface area contributed by atoms with Crippen molar-refractivity contribution in [2.45, 2.75) is 6.61 Å². The third-order valence-electron chi connectivity index (χ3n) is 2.67. The second-order valence-corrected chi connectivity index (χ2v) is 4.15. The van der Waals surface area contributed by atoms with Gasteiger partial charge in [-0.2, -0.15) is 0 Å². The summed E-state index contributed by atoms with van der Waals surface area (Å²) in [5.41, 5.74) is 11.0. The first-order valence-electron chi connectivity index (χ1n) is 5.73. The Labute approximate surface area is 114 Å². The lowest BCUT2D eigenvalue weighted by molar-refractivity contribution is 0.1000. The van der Waals surface area contributed by atoms with E-state index in [2.05, 4.69) is 0 Å².